The van der Waals surface area contributed by atoms with Crippen LogP contribution >= 0.6 is 0 Å². The Kier molecular flexibility index (Phi) is 25.9. The van der Waals surface area contributed by atoms with E-state index in [0.29, 0.717) is 41.3 Å². The van der Waals surface area contributed by atoms with Gasteiger partial charge in [-0.3, -0.25) is 52.7 Å². The number of rotatable bonds is 37. The molecular formula is C54H75N13O15. The molecule has 28 nitrogen and oxygen atoms in total. The lowest BCUT2D eigenvalue weighted by atomic mass is 9.98. The van der Waals surface area contributed by atoms with Crippen LogP contribution in [0.4, 0.5) is 0 Å². The van der Waals surface area contributed by atoms with Crippen molar-refractivity contribution in [3.63, 3.8) is 0 Å². The third-order valence-electron chi connectivity index (χ3n) is 13.7. The molecule has 0 spiro atoms. The number of hydrogen-bond acceptors (Lipinski definition) is 14. The number of benzene rings is 2. The highest BCUT2D eigenvalue weighted by Crippen LogP contribution is 2.21. The second kappa shape index (κ2) is 32.4. The molecule has 82 heavy (non-hydrogen) atoms. The van der Waals surface area contributed by atoms with Crippen LogP contribution in [0.3, 0.4) is 0 Å². The maximum Gasteiger partial charge on any atom is 0.326 e. The summed E-state index contributed by atoms with van der Waals surface area (Å²) in [6.07, 6.45) is -0.547. The van der Waals surface area contributed by atoms with E-state index < -0.39 is 170 Å². The van der Waals surface area contributed by atoms with E-state index in [4.69, 9.17) is 22.9 Å². The van der Waals surface area contributed by atoms with Gasteiger partial charge in [0.2, 0.25) is 53.2 Å². The van der Waals surface area contributed by atoms with E-state index in [2.05, 4.69) is 47.2 Å². The van der Waals surface area contributed by atoms with Gasteiger partial charge in [-0.05, 0) is 87.1 Å². The maximum atomic E-state index is 14.6. The van der Waals surface area contributed by atoms with Crippen molar-refractivity contribution in [2.45, 2.75) is 152 Å². The van der Waals surface area contributed by atoms with Gasteiger partial charge in [0.15, 0.2) is 0 Å². The van der Waals surface area contributed by atoms with Crippen LogP contribution in [0.15, 0.2) is 60.9 Å². The number of carbonyl (C=O) groups excluding carboxylic acids is 9. The van der Waals surface area contributed by atoms with Gasteiger partial charge in [0, 0.05) is 66.3 Å². The lowest BCUT2D eigenvalue weighted by Crippen LogP contribution is -2.60. The van der Waals surface area contributed by atoms with Crippen LogP contribution in [-0.4, -0.2) is 151 Å². The molecule has 4 aromatic rings. The summed E-state index contributed by atoms with van der Waals surface area (Å²) in [5.74, 6) is -13.6. The number of hydrogen-bond donors (Lipinski definition) is 16. The minimum Gasteiger partial charge on any atom is -0.481 e. The highest BCUT2D eigenvalue weighted by Gasteiger charge is 2.36. The fourth-order valence-corrected chi connectivity index (χ4v) is 8.88. The minimum absolute atomic E-state index is 0.0146. The van der Waals surface area contributed by atoms with Crippen LogP contribution in [0.25, 0.3) is 21.8 Å². The summed E-state index contributed by atoms with van der Waals surface area (Å²) < 4.78 is 0. The predicted octanol–water partition coefficient (Wildman–Crippen LogP) is -1.32. The predicted molar refractivity (Wildman–Crippen MR) is 296 cm³/mol. The molecule has 446 valence electrons. The monoisotopic (exact) mass is 1150 g/mol. The molecule has 2 heterocycles. The zero-order valence-electron chi connectivity index (χ0n) is 45.6. The van der Waals surface area contributed by atoms with Crippen LogP contribution < -0.4 is 60.2 Å². The van der Waals surface area contributed by atoms with Gasteiger partial charge in [0.1, 0.15) is 42.3 Å². The van der Waals surface area contributed by atoms with E-state index in [0.717, 1.165) is 10.9 Å². The number of amides is 9. The first-order chi connectivity index (χ1) is 38.9. The van der Waals surface area contributed by atoms with Crippen LogP contribution in [0, 0.1) is 5.92 Å². The van der Waals surface area contributed by atoms with Crippen LogP contribution in [0.2, 0.25) is 0 Å². The van der Waals surface area contributed by atoms with Crippen molar-refractivity contribution in [3.8, 4) is 0 Å². The second-order valence-electron chi connectivity index (χ2n) is 20.0. The highest BCUT2D eigenvalue weighted by molar-refractivity contribution is 5.99. The Morgan fingerprint density at radius 1 is 0.488 bits per heavy atom. The molecule has 0 fully saturated rings. The molecule has 0 bridgehead atoms. The average molecular weight is 1150 g/mol. The van der Waals surface area contributed by atoms with Gasteiger partial charge in [0.05, 0.1) is 6.04 Å². The maximum absolute atomic E-state index is 14.6. The Morgan fingerprint density at radius 2 is 0.854 bits per heavy atom. The Bertz CT molecular complexity index is 2930. The molecule has 9 amide bonds. The number of nitrogens with one attached hydrogen (secondary N) is 9. The van der Waals surface area contributed by atoms with Gasteiger partial charge in [0.25, 0.3) is 0 Å². The number of carboxylic acid groups (broad SMARTS) is 3. The lowest BCUT2D eigenvalue weighted by molar-refractivity contribution is -0.144. The number of unbranched alkanes of at least 4 members (excludes halogenated alkanes) is 1. The zero-order valence-corrected chi connectivity index (χ0v) is 45.6. The van der Waals surface area contributed by atoms with Crippen molar-refractivity contribution in [1.82, 2.24) is 47.2 Å². The van der Waals surface area contributed by atoms with Crippen molar-refractivity contribution in [3.05, 3.63) is 72.1 Å². The Morgan fingerprint density at radius 3 is 1.26 bits per heavy atom. The molecule has 0 aliphatic carbocycles. The van der Waals surface area contributed by atoms with E-state index in [1.165, 1.54) is 6.20 Å². The molecule has 2 aromatic heterocycles. The summed E-state index contributed by atoms with van der Waals surface area (Å²) in [6, 6.07) is 1.66. The fraction of sp³-hybridized carbons (Fsp3) is 0.481. The minimum atomic E-state index is -1.80. The summed E-state index contributed by atoms with van der Waals surface area (Å²) >= 11 is 0. The van der Waals surface area contributed by atoms with Crippen molar-refractivity contribution >= 4 is 92.9 Å². The fourth-order valence-electron chi connectivity index (χ4n) is 8.88. The van der Waals surface area contributed by atoms with Gasteiger partial charge in [-0.15, -0.1) is 0 Å². The van der Waals surface area contributed by atoms with E-state index in [1.54, 1.807) is 50.4 Å². The van der Waals surface area contributed by atoms with Gasteiger partial charge < -0.3 is 85.4 Å². The first-order valence-electron chi connectivity index (χ1n) is 26.8. The van der Waals surface area contributed by atoms with Crippen molar-refractivity contribution in [1.29, 1.82) is 0 Å². The number of aliphatic carboxylic acids is 3. The molecule has 2 aromatic carbocycles. The standard InChI is InChI=1S/C54H75N13O15/c1-3-28(2)46(54(81)82)67-52(79)36(14-8-9-23-55)62-49(76)38(16-20-43(58)69)63-50(77)39(17-21-44(70)71)65-53(80)41(25-30-27-60-35-13-7-5-11-32(30)35)66-51(78)40(18-22-45(72)73)64-48(75)37(15-19-42(57)68)61-47(74)33(56)24-29-26-59-34-12-6-4-10-31(29)34/h4-7,10-13,26-28,33,36-41,46,59-60H,3,8-9,14-25,55-56H2,1-2H3,(H2,57,68)(H2,58,69)(H,61,74)(H,62,76)(H,63,77)(H,64,75)(H,65,80)(H,66,78)(H,67,79)(H,70,71)(H,72,73)(H,81,82)/t28-,33-,36-,37-,38-,39-,40-,41-,46-/m0/s1. The van der Waals surface area contributed by atoms with Crippen LogP contribution in [0.1, 0.15) is 102 Å². The number of aromatic amines is 2. The van der Waals surface area contributed by atoms with E-state index in [1.807, 2.05) is 18.2 Å². The lowest BCUT2D eigenvalue weighted by Gasteiger charge is -2.28. The van der Waals surface area contributed by atoms with Gasteiger partial charge in [-0.2, -0.15) is 0 Å². The van der Waals surface area contributed by atoms with Gasteiger partial charge in [-0.25, -0.2) is 4.79 Å². The molecule has 0 saturated heterocycles. The van der Waals surface area contributed by atoms with Crippen molar-refractivity contribution < 1.29 is 72.9 Å². The number of carbonyl (C=O) groups is 12. The number of H-pyrrole nitrogens is 2. The molecule has 9 atom stereocenters. The van der Waals surface area contributed by atoms with Gasteiger partial charge >= 0.3 is 17.9 Å². The smallest absolute Gasteiger partial charge is 0.326 e. The Labute approximate surface area is 471 Å². The zero-order chi connectivity index (χ0) is 60.6. The average Bonchev–Trinajstić information content (AvgIpc) is 4.16. The normalized spacial score (nSPS) is 14.5. The molecule has 28 heteroatoms. The second-order valence-corrected chi connectivity index (χ2v) is 20.0. The van der Waals surface area contributed by atoms with Crippen LogP contribution in [-0.2, 0) is 70.4 Å². The van der Waals surface area contributed by atoms with E-state index in [9.17, 15) is 72.9 Å². The molecule has 0 radical (unpaired) electrons. The highest BCUT2D eigenvalue weighted by atomic mass is 16.4. The largest absolute Gasteiger partial charge is 0.481 e. The Balaban J connectivity index is 1.65. The number of para-hydroxylation sites is 2. The summed E-state index contributed by atoms with van der Waals surface area (Å²) in [7, 11) is 0. The molecule has 0 saturated carbocycles. The first-order valence-corrected chi connectivity index (χ1v) is 26.8. The van der Waals surface area contributed by atoms with E-state index >= 15 is 0 Å². The number of carboxylic acids is 3. The summed E-state index contributed by atoms with van der Waals surface area (Å²) in [4.78, 5) is 165. The number of aromatic nitrogens is 2. The number of nitrogens with two attached hydrogens (primary N) is 4. The van der Waals surface area contributed by atoms with Crippen LogP contribution in [0.5, 0.6) is 0 Å². The topological polar surface area (TPSA) is 485 Å². The third kappa shape index (κ3) is 20.6. The van der Waals surface area contributed by atoms with E-state index in [-0.39, 0.29) is 32.2 Å². The Hall–Kier alpha value is -8.92. The summed E-state index contributed by atoms with van der Waals surface area (Å²) in [6.45, 7) is 3.54. The summed E-state index contributed by atoms with van der Waals surface area (Å²) in [5, 5.41) is 47.9. The molecule has 4 rings (SSSR count). The third-order valence-corrected chi connectivity index (χ3v) is 13.7. The van der Waals surface area contributed by atoms with Crippen molar-refractivity contribution in [2.24, 2.45) is 28.9 Å². The van der Waals surface area contributed by atoms with Crippen molar-refractivity contribution in [2.75, 3.05) is 6.54 Å². The molecule has 20 N–H and O–H groups in total. The quantitative estimate of drug-likeness (QED) is 0.0233. The van der Waals surface area contributed by atoms with Gasteiger partial charge in [-0.1, -0.05) is 56.7 Å². The summed E-state index contributed by atoms with van der Waals surface area (Å²) in [5.41, 5.74) is 25.3. The number of primary amides is 2. The first kappa shape index (κ1) is 65.6. The molecule has 0 aliphatic rings. The SMILES string of the molecule is CC[C@H](C)[C@H](NC(=O)[C@H](CCCCN)NC(=O)[C@H](CCC(N)=O)NC(=O)[C@H](CCC(=O)O)NC(=O)[C@H](Cc1c[nH]c2ccccc12)NC(=O)[C@H](CCC(=O)O)NC(=O)[C@H](CCC(N)=O)NC(=O)[C@@H](N)Cc1c[nH]c2ccccc12)C(=O)O. The molecular weight excluding hydrogens is 1070 g/mol. The number of fused-ring (bicyclic) bond motifs is 2. The molecule has 0 aliphatic heterocycles. The molecule has 0 unspecified atom stereocenters.